The van der Waals surface area contributed by atoms with Crippen LogP contribution in [0.1, 0.15) is 21.6 Å². The van der Waals surface area contributed by atoms with Crippen LogP contribution in [0.3, 0.4) is 0 Å². The summed E-state index contributed by atoms with van der Waals surface area (Å²) >= 11 is 11.5. The van der Waals surface area contributed by atoms with Crippen molar-refractivity contribution >= 4 is 34.9 Å². The minimum absolute atomic E-state index is 0.00808. The first-order valence-corrected chi connectivity index (χ1v) is 6.16. The van der Waals surface area contributed by atoms with Gasteiger partial charge in [0.2, 0.25) is 0 Å². The fourth-order valence-electron chi connectivity index (χ4n) is 1.60. The molecule has 2 aromatic rings. The van der Waals surface area contributed by atoms with E-state index in [4.69, 9.17) is 23.2 Å². The lowest BCUT2D eigenvalue weighted by atomic mass is 10.2. The summed E-state index contributed by atoms with van der Waals surface area (Å²) < 4.78 is 0. The molecular weight excluding hydrogens is 287 g/mol. The summed E-state index contributed by atoms with van der Waals surface area (Å²) in [6, 6.07) is 5.03. The smallest absolute Gasteiger partial charge is 0.260 e. The van der Waals surface area contributed by atoms with Crippen molar-refractivity contribution < 1.29 is 4.79 Å². The Morgan fingerprint density at radius 3 is 2.58 bits per heavy atom. The van der Waals surface area contributed by atoms with Crippen LogP contribution in [0.4, 0.5) is 5.82 Å². The first-order chi connectivity index (χ1) is 8.95. The van der Waals surface area contributed by atoms with Crippen LogP contribution in [0.15, 0.2) is 18.2 Å². The SMILES string of the molecule is Cc1cc(C)nc(NC(=O)c2cc(Cl)nnc2Cl)c1. The minimum Gasteiger partial charge on any atom is -0.306 e. The third-order valence-corrected chi connectivity index (χ3v) is 2.77. The number of halogens is 2. The number of hydrogen-bond acceptors (Lipinski definition) is 4. The molecule has 0 fully saturated rings. The Bertz CT molecular complexity index is 625. The molecule has 0 unspecified atom stereocenters. The van der Waals surface area contributed by atoms with Crippen LogP contribution >= 0.6 is 23.2 Å². The molecule has 0 atom stereocenters. The molecule has 19 heavy (non-hydrogen) atoms. The van der Waals surface area contributed by atoms with Gasteiger partial charge in [0.05, 0.1) is 5.56 Å². The molecule has 2 heterocycles. The first kappa shape index (κ1) is 13.7. The Labute approximate surface area is 120 Å². The van der Waals surface area contributed by atoms with Crippen molar-refractivity contribution in [2.75, 3.05) is 5.32 Å². The van der Waals surface area contributed by atoms with E-state index >= 15 is 0 Å². The minimum atomic E-state index is -0.431. The predicted octanol–water partition coefficient (Wildman–Crippen LogP) is 3.05. The average Bonchev–Trinajstić information content (AvgIpc) is 2.30. The lowest BCUT2D eigenvalue weighted by Crippen LogP contribution is -2.15. The van der Waals surface area contributed by atoms with Gasteiger partial charge in [-0.2, -0.15) is 0 Å². The number of hydrogen-bond donors (Lipinski definition) is 1. The molecule has 0 saturated heterocycles. The van der Waals surface area contributed by atoms with E-state index < -0.39 is 5.91 Å². The van der Waals surface area contributed by atoms with E-state index in [9.17, 15) is 4.79 Å². The zero-order chi connectivity index (χ0) is 14.0. The number of pyridine rings is 1. The number of nitrogens with one attached hydrogen (secondary N) is 1. The second-order valence-electron chi connectivity index (χ2n) is 4.00. The van der Waals surface area contributed by atoms with E-state index in [1.807, 2.05) is 19.9 Å². The van der Waals surface area contributed by atoms with Crippen molar-refractivity contribution in [2.24, 2.45) is 0 Å². The summed E-state index contributed by atoms with van der Waals surface area (Å²) in [5.74, 6) is 0.0193. The average molecular weight is 297 g/mol. The Balaban J connectivity index is 2.28. The molecule has 1 N–H and O–H groups in total. The Morgan fingerprint density at radius 2 is 1.89 bits per heavy atom. The highest BCUT2D eigenvalue weighted by Crippen LogP contribution is 2.17. The topological polar surface area (TPSA) is 67.8 Å². The van der Waals surface area contributed by atoms with Crippen LogP contribution < -0.4 is 5.32 Å². The van der Waals surface area contributed by atoms with E-state index in [0.717, 1.165) is 11.3 Å². The quantitative estimate of drug-likeness (QED) is 0.925. The van der Waals surface area contributed by atoms with Crippen molar-refractivity contribution in [3.05, 3.63) is 45.3 Å². The van der Waals surface area contributed by atoms with E-state index in [1.165, 1.54) is 6.07 Å². The largest absolute Gasteiger partial charge is 0.306 e. The van der Waals surface area contributed by atoms with Gasteiger partial charge in [-0.25, -0.2) is 4.98 Å². The number of rotatable bonds is 2. The van der Waals surface area contributed by atoms with E-state index in [1.54, 1.807) is 6.07 Å². The van der Waals surface area contributed by atoms with Crippen LogP contribution in [0, 0.1) is 13.8 Å². The fourth-order valence-corrected chi connectivity index (χ4v) is 1.93. The Morgan fingerprint density at radius 1 is 1.16 bits per heavy atom. The lowest BCUT2D eigenvalue weighted by Gasteiger charge is -2.07. The highest BCUT2D eigenvalue weighted by molar-refractivity contribution is 6.34. The van der Waals surface area contributed by atoms with Gasteiger partial charge in [-0.15, -0.1) is 10.2 Å². The summed E-state index contributed by atoms with van der Waals surface area (Å²) in [4.78, 5) is 16.3. The van der Waals surface area contributed by atoms with Gasteiger partial charge in [-0.05, 0) is 37.6 Å². The molecule has 98 valence electrons. The zero-order valence-corrected chi connectivity index (χ0v) is 11.7. The third-order valence-electron chi connectivity index (χ3n) is 2.30. The molecule has 0 aromatic carbocycles. The Kier molecular flexibility index (Phi) is 3.97. The third kappa shape index (κ3) is 3.39. The first-order valence-electron chi connectivity index (χ1n) is 5.41. The van der Waals surface area contributed by atoms with Crippen LogP contribution in [0.25, 0.3) is 0 Å². The van der Waals surface area contributed by atoms with Gasteiger partial charge >= 0.3 is 0 Å². The summed E-state index contributed by atoms with van der Waals surface area (Å²) in [6.07, 6.45) is 0. The Hall–Kier alpha value is -1.72. The molecule has 0 aliphatic carbocycles. The molecule has 5 nitrogen and oxygen atoms in total. The number of aryl methyl sites for hydroxylation is 2. The fraction of sp³-hybridized carbons (Fsp3) is 0.167. The molecular formula is C12H10Cl2N4O. The van der Waals surface area contributed by atoms with Gasteiger partial charge in [-0.1, -0.05) is 23.2 Å². The maximum atomic E-state index is 12.0. The normalized spacial score (nSPS) is 10.3. The highest BCUT2D eigenvalue weighted by atomic mass is 35.5. The predicted molar refractivity (Wildman–Crippen MR) is 73.7 cm³/mol. The number of carbonyl (C=O) groups excluding carboxylic acids is 1. The van der Waals surface area contributed by atoms with Gasteiger partial charge in [0, 0.05) is 5.69 Å². The van der Waals surface area contributed by atoms with Gasteiger partial charge in [-0.3, -0.25) is 4.79 Å². The van der Waals surface area contributed by atoms with Crippen molar-refractivity contribution in [1.29, 1.82) is 0 Å². The van der Waals surface area contributed by atoms with Crippen LogP contribution in [0.5, 0.6) is 0 Å². The summed E-state index contributed by atoms with van der Waals surface area (Å²) in [5.41, 5.74) is 1.97. The van der Waals surface area contributed by atoms with Crippen LogP contribution in [0.2, 0.25) is 10.3 Å². The van der Waals surface area contributed by atoms with Gasteiger partial charge in [0.15, 0.2) is 10.3 Å². The monoisotopic (exact) mass is 296 g/mol. The molecule has 7 heteroatoms. The molecule has 0 aliphatic rings. The molecule has 0 saturated carbocycles. The summed E-state index contributed by atoms with van der Waals surface area (Å²) in [6.45, 7) is 3.77. The number of nitrogens with zero attached hydrogens (tertiary/aromatic N) is 3. The number of carbonyl (C=O) groups is 1. The number of anilines is 1. The number of amides is 1. The van der Waals surface area contributed by atoms with Crippen LogP contribution in [-0.2, 0) is 0 Å². The molecule has 0 aliphatic heterocycles. The maximum absolute atomic E-state index is 12.0. The molecule has 0 radical (unpaired) electrons. The van der Waals surface area contributed by atoms with Crippen molar-refractivity contribution in [2.45, 2.75) is 13.8 Å². The van der Waals surface area contributed by atoms with Crippen LogP contribution in [-0.4, -0.2) is 21.1 Å². The highest BCUT2D eigenvalue weighted by Gasteiger charge is 2.14. The second kappa shape index (κ2) is 5.50. The number of aromatic nitrogens is 3. The maximum Gasteiger partial charge on any atom is 0.260 e. The second-order valence-corrected chi connectivity index (χ2v) is 4.74. The van der Waals surface area contributed by atoms with E-state index in [-0.39, 0.29) is 15.9 Å². The summed E-state index contributed by atoms with van der Waals surface area (Å²) in [7, 11) is 0. The summed E-state index contributed by atoms with van der Waals surface area (Å²) in [5, 5.41) is 9.86. The zero-order valence-electron chi connectivity index (χ0n) is 10.2. The molecule has 0 bridgehead atoms. The molecule has 1 amide bonds. The van der Waals surface area contributed by atoms with Crippen molar-refractivity contribution in [3.63, 3.8) is 0 Å². The van der Waals surface area contributed by atoms with E-state index in [0.29, 0.717) is 5.82 Å². The molecule has 2 aromatic heterocycles. The van der Waals surface area contributed by atoms with Crippen molar-refractivity contribution in [1.82, 2.24) is 15.2 Å². The lowest BCUT2D eigenvalue weighted by molar-refractivity contribution is 0.102. The van der Waals surface area contributed by atoms with Gasteiger partial charge < -0.3 is 5.32 Å². The molecule has 0 spiro atoms. The van der Waals surface area contributed by atoms with Gasteiger partial charge in [0.1, 0.15) is 5.82 Å². The molecule has 2 rings (SSSR count). The standard InChI is InChI=1S/C12H10Cl2N4O/c1-6-3-7(2)15-10(4-6)16-12(19)8-5-9(13)17-18-11(8)14/h3-5H,1-2H3,(H,15,16,19). The van der Waals surface area contributed by atoms with Crippen molar-refractivity contribution in [3.8, 4) is 0 Å². The van der Waals surface area contributed by atoms with E-state index in [2.05, 4.69) is 20.5 Å². The van der Waals surface area contributed by atoms with Gasteiger partial charge in [0.25, 0.3) is 5.91 Å².